The Morgan fingerprint density at radius 2 is 2.22 bits per heavy atom. The molecule has 0 aliphatic heterocycles. The van der Waals surface area contributed by atoms with E-state index in [2.05, 4.69) is 5.32 Å². The lowest BCUT2D eigenvalue weighted by molar-refractivity contribution is -0.119. The first-order valence-electron chi connectivity index (χ1n) is 6.05. The van der Waals surface area contributed by atoms with Crippen molar-refractivity contribution in [2.24, 2.45) is 11.7 Å². The lowest BCUT2D eigenvalue weighted by Crippen LogP contribution is -2.28. The number of ether oxygens (including phenoxy) is 1. The second-order valence-electron chi connectivity index (χ2n) is 3.91. The number of amides is 1. The van der Waals surface area contributed by atoms with Gasteiger partial charge in [-0.05, 0) is 25.5 Å². The van der Waals surface area contributed by atoms with Crippen molar-refractivity contribution in [3.8, 4) is 5.75 Å². The molecule has 0 heterocycles. The first kappa shape index (κ1) is 14.4. The summed E-state index contributed by atoms with van der Waals surface area (Å²) >= 11 is 0. The Hall–Kier alpha value is -1.62. The van der Waals surface area contributed by atoms with E-state index in [4.69, 9.17) is 10.5 Å². The number of carbonyl (C=O) groups is 1. The molecule has 0 aliphatic carbocycles. The number of halogens is 1. The van der Waals surface area contributed by atoms with Crippen molar-refractivity contribution in [1.29, 1.82) is 0 Å². The van der Waals surface area contributed by atoms with Gasteiger partial charge >= 0.3 is 0 Å². The molecule has 0 fully saturated rings. The molecule has 3 N–H and O–H groups in total. The Balaban J connectivity index is 2.74. The summed E-state index contributed by atoms with van der Waals surface area (Å²) in [6, 6.07) is 4.35. The molecule has 100 valence electrons. The molecule has 0 spiro atoms. The average molecular weight is 254 g/mol. The van der Waals surface area contributed by atoms with Gasteiger partial charge in [0.05, 0.1) is 12.5 Å². The van der Waals surface area contributed by atoms with Crippen LogP contribution in [-0.4, -0.2) is 19.1 Å². The predicted octanol–water partition coefficient (Wildman–Crippen LogP) is 2.15. The monoisotopic (exact) mass is 254 g/mol. The Morgan fingerprint density at radius 3 is 2.72 bits per heavy atom. The summed E-state index contributed by atoms with van der Waals surface area (Å²) in [6.45, 7) is 4.34. The quantitative estimate of drug-likeness (QED) is 0.817. The van der Waals surface area contributed by atoms with E-state index < -0.39 is 5.82 Å². The van der Waals surface area contributed by atoms with Crippen molar-refractivity contribution in [1.82, 2.24) is 0 Å². The van der Waals surface area contributed by atoms with Gasteiger partial charge < -0.3 is 15.8 Å². The van der Waals surface area contributed by atoms with Crippen LogP contribution in [0, 0.1) is 11.7 Å². The van der Waals surface area contributed by atoms with Crippen molar-refractivity contribution < 1.29 is 13.9 Å². The van der Waals surface area contributed by atoms with Gasteiger partial charge in [0.25, 0.3) is 0 Å². The highest BCUT2D eigenvalue weighted by Crippen LogP contribution is 2.21. The van der Waals surface area contributed by atoms with E-state index in [9.17, 15) is 9.18 Å². The minimum atomic E-state index is -0.490. The zero-order valence-corrected chi connectivity index (χ0v) is 10.7. The van der Waals surface area contributed by atoms with Crippen LogP contribution in [0.2, 0.25) is 0 Å². The van der Waals surface area contributed by atoms with Crippen LogP contribution in [0.3, 0.4) is 0 Å². The summed E-state index contributed by atoms with van der Waals surface area (Å²) in [4.78, 5) is 11.8. The van der Waals surface area contributed by atoms with E-state index in [1.165, 1.54) is 12.1 Å². The van der Waals surface area contributed by atoms with Crippen molar-refractivity contribution in [3.63, 3.8) is 0 Å². The van der Waals surface area contributed by atoms with Gasteiger partial charge in [0.15, 0.2) is 11.6 Å². The zero-order chi connectivity index (χ0) is 13.5. The van der Waals surface area contributed by atoms with Gasteiger partial charge in [0, 0.05) is 18.3 Å². The fourth-order valence-electron chi connectivity index (χ4n) is 1.55. The Kier molecular flexibility index (Phi) is 5.58. The molecule has 1 atom stereocenters. The molecule has 0 saturated carbocycles. The number of carbonyl (C=O) groups excluding carboxylic acids is 1. The lowest BCUT2D eigenvalue weighted by atomic mass is 10.1. The van der Waals surface area contributed by atoms with Gasteiger partial charge in [0.1, 0.15) is 0 Å². The second-order valence-corrected chi connectivity index (χ2v) is 3.91. The van der Waals surface area contributed by atoms with Crippen molar-refractivity contribution in [3.05, 3.63) is 24.0 Å². The predicted molar refractivity (Wildman–Crippen MR) is 69.0 cm³/mol. The van der Waals surface area contributed by atoms with Gasteiger partial charge in [-0.25, -0.2) is 4.39 Å². The third kappa shape index (κ3) is 3.70. The number of hydrogen-bond donors (Lipinski definition) is 2. The zero-order valence-electron chi connectivity index (χ0n) is 10.7. The standard InChI is InChI=1S/C13H19FN2O2/c1-3-9(8-15)13(17)16-10-5-6-12(18-4-2)11(14)7-10/h5-7,9H,3-4,8,15H2,1-2H3,(H,16,17). The van der Waals surface area contributed by atoms with E-state index in [1.54, 1.807) is 13.0 Å². The number of hydrogen-bond acceptors (Lipinski definition) is 3. The van der Waals surface area contributed by atoms with E-state index >= 15 is 0 Å². The topological polar surface area (TPSA) is 64.3 Å². The highest BCUT2D eigenvalue weighted by atomic mass is 19.1. The van der Waals surface area contributed by atoms with E-state index in [0.717, 1.165) is 0 Å². The fourth-order valence-corrected chi connectivity index (χ4v) is 1.55. The Labute approximate surface area is 106 Å². The van der Waals surface area contributed by atoms with Crippen LogP contribution in [0.5, 0.6) is 5.75 Å². The van der Waals surface area contributed by atoms with Crippen LogP contribution in [0.4, 0.5) is 10.1 Å². The SMILES string of the molecule is CCOc1ccc(NC(=O)C(CC)CN)cc1F. The number of nitrogens with one attached hydrogen (secondary N) is 1. The molecule has 1 amide bonds. The summed E-state index contributed by atoms with van der Waals surface area (Å²) < 4.78 is 18.6. The highest BCUT2D eigenvalue weighted by Gasteiger charge is 2.15. The van der Waals surface area contributed by atoms with E-state index in [1.807, 2.05) is 6.92 Å². The first-order valence-corrected chi connectivity index (χ1v) is 6.05. The van der Waals surface area contributed by atoms with Crippen molar-refractivity contribution >= 4 is 11.6 Å². The molecule has 0 aliphatic rings. The van der Waals surface area contributed by atoms with Crippen LogP contribution in [0.1, 0.15) is 20.3 Å². The summed E-state index contributed by atoms with van der Waals surface area (Å²) in [5.74, 6) is -0.750. The summed E-state index contributed by atoms with van der Waals surface area (Å²) in [7, 11) is 0. The lowest BCUT2D eigenvalue weighted by Gasteiger charge is -2.13. The molecular weight excluding hydrogens is 235 g/mol. The molecule has 0 radical (unpaired) electrons. The first-order chi connectivity index (χ1) is 8.62. The maximum absolute atomic E-state index is 13.6. The van der Waals surface area contributed by atoms with E-state index in [0.29, 0.717) is 18.7 Å². The molecule has 1 aromatic carbocycles. The molecule has 1 unspecified atom stereocenters. The molecule has 0 aromatic heterocycles. The summed E-state index contributed by atoms with van der Waals surface area (Å²) in [5, 5.41) is 2.64. The van der Waals surface area contributed by atoms with Crippen LogP contribution >= 0.6 is 0 Å². The third-order valence-corrected chi connectivity index (χ3v) is 2.65. The minimum Gasteiger partial charge on any atom is -0.491 e. The van der Waals surface area contributed by atoms with Gasteiger partial charge in [0.2, 0.25) is 5.91 Å². The average Bonchev–Trinajstić information content (AvgIpc) is 2.34. The van der Waals surface area contributed by atoms with E-state index in [-0.39, 0.29) is 24.1 Å². The minimum absolute atomic E-state index is 0.182. The van der Waals surface area contributed by atoms with Gasteiger partial charge in [-0.2, -0.15) is 0 Å². The molecule has 0 bridgehead atoms. The number of nitrogens with two attached hydrogens (primary N) is 1. The maximum Gasteiger partial charge on any atom is 0.228 e. The Bertz CT molecular complexity index is 406. The molecule has 4 nitrogen and oxygen atoms in total. The van der Waals surface area contributed by atoms with Crippen molar-refractivity contribution in [2.75, 3.05) is 18.5 Å². The fraction of sp³-hybridized carbons (Fsp3) is 0.462. The Morgan fingerprint density at radius 1 is 1.50 bits per heavy atom. The molecule has 5 heteroatoms. The smallest absolute Gasteiger partial charge is 0.228 e. The molecule has 1 rings (SSSR count). The van der Waals surface area contributed by atoms with Crippen LogP contribution in [0.15, 0.2) is 18.2 Å². The highest BCUT2D eigenvalue weighted by molar-refractivity contribution is 5.92. The molecule has 18 heavy (non-hydrogen) atoms. The number of benzene rings is 1. The molecular formula is C13H19FN2O2. The maximum atomic E-state index is 13.6. The van der Waals surface area contributed by atoms with Crippen LogP contribution < -0.4 is 15.8 Å². The van der Waals surface area contributed by atoms with Crippen LogP contribution in [0.25, 0.3) is 0 Å². The molecule has 1 aromatic rings. The largest absolute Gasteiger partial charge is 0.491 e. The van der Waals surface area contributed by atoms with Crippen molar-refractivity contribution in [2.45, 2.75) is 20.3 Å². The van der Waals surface area contributed by atoms with Gasteiger partial charge in [-0.1, -0.05) is 6.92 Å². The summed E-state index contributed by atoms with van der Waals surface area (Å²) in [6.07, 6.45) is 0.655. The summed E-state index contributed by atoms with van der Waals surface area (Å²) in [5.41, 5.74) is 5.89. The number of anilines is 1. The van der Waals surface area contributed by atoms with Gasteiger partial charge in [-0.3, -0.25) is 4.79 Å². The normalized spacial score (nSPS) is 12.0. The van der Waals surface area contributed by atoms with Crippen LogP contribution in [-0.2, 0) is 4.79 Å². The van der Waals surface area contributed by atoms with Gasteiger partial charge in [-0.15, -0.1) is 0 Å². The third-order valence-electron chi connectivity index (χ3n) is 2.65. The second kappa shape index (κ2) is 6.96. The number of rotatable bonds is 6. The molecule has 0 saturated heterocycles.